The van der Waals surface area contributed by atoms with Crippen LogP contribution >= 0.6 is 0 Å². The summed E-state index contributed by atoms with van der Waals surface area (Å²) in [6.45, 7) is 0.576. The van der Waals surface area contributed by atoms with Crippen molar-refractivity contribution in [2.24, 2.45) is 7.05 Å². The normalized spacial score (nSPS) is 10.8. The van der Waals surface area contributed by atoms with Crippen molar-refractivity contribution in [2.45, 2.75) is 12.8 Å². The molecule has 1 N–H and O–H groups in total. The fourth-order valence-electron chi connectivity index (χ4n) is 2.72. The van der Waals surface area contributed by atoms with Crippen LogP contribution in [0.4, 0.5) is 0 Å². The maximum Gasteiger partial charge on any atom is 0.224 e. The number of hydrogen-bond acceptors (Lipinski definition) is 3. The van der Waals surface area contributed by atoms with E-state index in [0.29, 0.717) is 19.4 Å². The average molecular weight is 323 g/mol. The predicted octanol–water partition coefficient (Wildman–Crippen LogP) is 2.48. The maximum absolute atomic E-state index is 12.0. The number of aryl methyl sites for hydroxylation is 1. The number of amides is 1. The van der Waals surface area contributed by atoms with Crippen molar-refractivity contribution in [1.82, 2.24) is 14.9 Å². The number of nitrogens with one attached hydrogen (secondary N) is 1. The van der Waals surface area contributed by atoms with Crippen molar-refractivity contribution in [3.63, 3.8) is 0 Å². The van der Waals surface area contributed by atoms with Crippen molar-refractivity contribution < 1.29 is 9.53 Å². The average Bonchev–Trinajstić information content (AvgIpc) is 2.92. The quantitative estimate of drug-likeness (QED) is 0.758. The summed E-state index contributed by atoms with van der Waals surface area (Å²) in [5.74, 6) is 1.78. The van der Waals surface area contributed by atoms with Gasteiger partial charge in [-0.1, -0.05) is 24.3 Å². The van der Waals surface area contributed by atoms with E-state index in [1.165, 1.54) is 0 Å². The minimum Gasteiger partial charge on any atom is -0.497 e. The van der Waals surface area contributed by atoms with Crippen LogP contribution < -0.4 is 10.1 Å². The van der Waals surface area contributed by atoms with Gasteiger partial charge in [0.05, 0.1) is 24.6 Å². The summed E-state index contributed by atoms with van der Waals surface area (Å²) in [7, 11) is 3.63. The molecule has 0 bridgehead atoms. The summed E-state index contributed by atoms with van der Waals surface area (Å²) < 4.78 is 7.19. The van der Waals surface area contributed by atoms with Crippen molar-refractivity contribution in [1.29, 1.82) is 0 Å². The second-order valence-corrected chi connectivity index (χ2v) is 5.70. The summed E-state index contributed by atoms with van der Waals surface area (Å²) in [4.78, 5) is 16.7. The van der Waals surface area contributed by atoms with Gasteiger partial charge in [0.15, 0.2) is 0 Å². The number of carbonyl (C=O) groups excluding carboxylic acids is 1. The molecule has 1 aromatic heterocycles. The summed E-state index contributed by atoms with van der Waals surface area (Å²) in [5.41, 5.74) is 3.06. The topological polar surface area (TPSA) is 56.1 Å². The van der Waals surface area contributed by atoms with Gasteiger partial charge in [0.1, 0.15) is 11.6 Å². The first-order valence-corrected chi connectivity index (χ1v) is 7.97. The molecule has 1 amide bonds. The first-order valence-electron chi connectivity index (χ1n) is 7.97. The van der Waals surface area contributed by atoms with E-state index in [4.69, 9.17) is 4.74 Å². The Morgan fingerprint density at radius 1 is 1.17 bits per heavy atom. The Labute approximate surface area is 141 Å². The van der Waals surface area contributed by atoms with E-state index in [0.717, 1.165) is 28.2 Å². The van der Waals surface area contributed by atoms with Crippen LogP contribution in [0.3, 0.4) is 0 Å². The van der Waals surface area contributed by atoms with Gasteiger partial charge < -0.3 is 14.6 Å². The van der Waals surface area contributed by atoms with Gasteiger partial charge in [-0.2, -0.15) is 0 Å². The molecule has 5 heteroatoms. The van der Waals surface area contributed by atoms with Gasteiger partial charge in [-0.15, -0.1) is 0 Å². The van der Waals surface area contributed by atoms with Crippen LogP contribution in [0.25, 0.3) is 11.0 Å². The third-order valence-electron chi connectivity index (χ3n) is 4.07. The van der Waals surface area contributed by atoms with Gasteiger partial charge in [0.25, 0.3) is 0 Å². The molecule has 0 spiro atoms. The lowest BCUT2D eigenvalue weighted by Gasteiger charge is -2.06. The van der Waals surface area contributed by atoms with Crippen LogP contribution in [0.1, 0.15) is 11.4 Å². The Morgan fingerprint density at radius 2 is 1.92 bits per heavy atom. The molecule has 0 saturated heterocycles. The molecule has 24 heavy (non-hydrogen) atoms. The minimum absolute atomic E-state index is 0.0129. The Bertz CT molecular complexity index is 837. The molecular weight excluding hydrogens is 302 g/mol. The zero-order valence-corrected chi connectivity index (χ0v) is 14.0. The Hall–Kier alpha value is -2.82. The van der Waals surface area contributed by atoms with E-state index in [9.17, 15) is 4.79 Å². The van der Waals surface area contributed by atoms with E-state index in [2.05, 4.69) is 14.9 Å². The predicted molar refractivity (Wildman–Crippen MR) is 94.1 cm³/mol. The maximum atomic E-state index is 12.0. The highest BCUT2D eigenvalue weighted by molar-refractivity contribution is 5.78. The monoisotopic (exact) mass is 323 g/mol. The first-order chi connectivity index (χ1) is 11.7. The smallest absolute Gasteiger partial charge is 0.224 e. The highest BCUT2D eigenvalue weighted by atomic mass is 16.5. The number of para-hydroxylation sites is 2. The van der Waals surface area contributed by atoms with Gasteiger partial charge >= 0.3 is 0 Å². The van der Waals surface area contributed by atoms with Crippen molar-refractivity contribution in [3.05, 3.63) is 59.9 Å². The highest BCUT2D eigenvalue weighted by Gasteiger charge is 2.08. The highest BCUT2D eigenvalue weighted by Crippen LogP contribution is 2.14. The van der Waals surface area contributed by atoms with E-state index >= 15 is 0 Å². The Morgan fingerprint density at radius 3 is 2.62 bits per heavy atom. The molecule has 2 aromatic carbocycles. The lowest BCUT2D eigenvalue weighted by Crippen LogP contribution is -2.27. The second kappa shape index (κ2) is 7.17. The van der Waals surface area contributed by atoms with Crippen molar-refractivity contribution in [3.8, 4) is 5.75 Å². The lowest BCUT2D eigenvalue weighted by atomic mass is 10.1. The van der Waals surface area contributed by atoms with Gasteiger partial charge in [-0.25, -0.2) is 4.98 Å². The third kappa shape index (κ3) is 3.56. The fourth-order valence-corrected chi connectivity index (χ4v) is 2.72. The molecule has 3 aromatic rings. The molecular formula is C19H21N3O2. The van der Waals surface area contributed by atoms with Gasteiger partial charge in [0.2, 0.25) is 5.91 Å². The van der Waals surface area contributed by atoms with Gasteiger partial charge in [-0.05, 0) is 29.8 Å². The number of benzene rings is 2. The molecule has 0 aliphatic heterocycles. The summed E-state index contributed by atoms with van der Waals surface area (Å²) in [5, 5.41) is 2.96. The van der Waals surface area contributed by atoms with Crippen LogP contribution in [-0.2, 0) is 24.7 Å². The number of nitrogens with zero attached hydrogens (tertiary/aromatic N) is 2. The van der Waals surface area contributed by atoms with E-state index in [1.807, 2.05) is 55.6 Å². The molecule has 0 fully saturated rings. The molecule has 3 rings (SSSR count). The number of rotatable bonds is 6. The molecule has 0 aliphatic carbocycles. The van der Waals surface area contributed by atoms with Crippen LogP contribution in [0.5, 0.6) is 5.75 Å². The van der Waals surface area contributed by atoms with Crippen LogP contribution in [0.15, 0.2) is 48.5 Å². The van der Waals surface area contributed by atoms with Crippen molar-refractivity contribution in [2.75, 3.05) is 13.7 Å². The number of methoxy groups -OCH3 is 1. The summed E-state index contributed by atoms with van der Waals surface area (Å²) in [6, 6.07) is 15.6. The second-order valence-electron chi connectivity index (χ2n) is 5.70. The van der Waals surface area contributed by atoms with Gasteiger partial charge in [-0.3, -0.25) is 4.79 Å². The zero-order chi connectivity index (χ0) is 16.9. The van der Waals surface area contributed by atoms with E-state index < -0.39 is 0 Å². The molecule has 0 saturated carbocycles. The molecule has 0 aliphatic rings. The van der Waals surface area contributed by atoms with E-state index in [-0.39, 0.29) is 5.91 Å². The largest absolute Gasteiger partial charge is 0.497 e. The summed E-state index contributed by atoms with van der Waals surface area (Å²) in [6.07, 6.45) is 1.08. The Balaban J connectivity index is 1.53. The molecule has 1 heterocycles. The zero-order valence-electron chi connectivity index (χ0n) is 14.0. The van der Waals surface area contributed by atoms with Crippen LogP contribution in [-0.4, -0.2) is 29.1 Å². The number of fused-ring (bicyclic) bond motifs is 1. The minimum atomic E-state index is 0.0129. The molecule has 0 atom stereocenters. The number of carbonyl (C=O) groups is 1. The number of hydrogen-bond donors (Lipinski definition) is 1. The van der Waals surface area contributed by atoms with Crippen LogP contribution in [0, 0.1) is 0 Å². The lowest BCUT2D eigenvalue weighted by molar-refractivity contribution is -0.120. The van der Waals surface area contributed by atoms with E-state index in [1.54, 1.807) is 7.11 Å². The summed E-state index contributed by atoms with van der Waals surface area (Å²) >= 11 is 0. The van der Waals surface area contributed by atoms with Crippen LogP contribution in [0.2, 0.25) is 0 Å². The number of aromatic nitrogens is 2. The molecule has 0 unspecified atom stereocenters. The molecule has 124 valence electrons. The molecule has 0 radical (unpaired) electrons. The third-order valence-corrected chi connectivity index (χ3v) is 4.07. The number of ether oxygens (including phenoxy) is 1. The first kappa shape index (κ1) is 16.1. The standard InChI is InChI=1S/C19H21N3O2/c1-22-17-6-4-3-5-16(17)21-18(22)11-12-20-19(23)13-14-7-9-15(24-2)10-8-14/h3-10H,11-13H2,1-2H3,(H,20,23). The van der Waals surface area contributed by atoms with Gasteiger partial charge in [0, 0.05) is 20.0 Å². The molecule has 5 nitrogen and oxygen atoms in total. The van der Waals surface area contributed by atoms with Crippen molar-refractivity contribution >= 4 is 16.9 Å². The fraction of sp³-hybridized carbons (Fsp3) is 0.263. The number of imidazole rings is 1. The Kier molecular flexibility index (Phi) is 4.79. The SMILES string of the molecule is COc1ccc(CC(=O)NCCc2nc3ccccc3n2C)cc1.